The van der Waals surface area contributed by atoms with E-state index in [1.54, 1.807) is 0 Å². The van der Waals surface area contributed by atoms with Crippen LogP contribution in [-0.4, -0.2) is 12.5 Å². The lowest BCUT2D eigenvalue weighted by molar-refractivity contribution is -0.137. The molecule has 0 radical (unpaired) electrons. The molecule has 0 aliphatic heterocycles. The lowest BCUT2D eigenvalue weighted by atomic mass is 9.95. The Labute approximate surface area is 102 Å². The van der Waals surface area contributed by atoms with Crippen LogP contribution in [0.5, 0.6) is 0 Å². The maximum absolute atomic E-state index is 12.1. The molecule has 3 nitrogen and oxygen atoms in total. The summed E-state index contributed by atoms with van der Waals surface area (Å²) in [6.45, 7) is 4.66. The van der Waals surface area contributed by atoms with Gasteiger partial charge in [0.25, 0.3) is 5.91 Å². The summed E-state index contributed by atoms with van der Waals surface area (Å²) in [6, 6.07) is 9.92. The Hall–Kier alpha value is -1.35. The Balaban J connectivity index is 1.95. The van der Waals surface area contributed by atoms with E-state index >= 15 is 0 Å². The van der Waals surface area contributed by atoms with Gasteiger partial charge in [-0.2, -0.15) is 0 Å². The molecular weight excluding hydrogens is 214 g/mol. The Bertz CT molecular complexity index is 382. The van der Waals surface area contributed by atoms with Crippen molar-refractivity contribution in [1.29, 1.82) is 0 Å². The van der Waals surface area contributed by atoms with E-state index in [2.05, 4.69) is 19.3 Å². The van der Waals surface area contributed by atoms with Gasteiger partial charge in [-0.1, -0.05) is 44.2 Å². The van der Waals surface area contributed by atoms with E-state index in [1.807, 2.05) is 30.3 Å². The molecule has 1 N–H and O–H groups in total. The van der Waals surface area contributed by atoms with Crippen LogP contribution < -0.4 is 5.48 Å². The zero-order chi connectivity index (χ0) is 12.3. The molecule has 3 heteroatoms. The van der Waals surface area contributed by atoms with Gasteiger partial charge in [0.2, 0.25) is 0 Å². The van der Waals surface area contributed by atoms with Crippen molar-refractivity contribution in [1.82, 2.24) is 5.48 Å². The van der Waals surface area contributed by atoms with Gasteiger partial charge < -0.3 is 0 Å². The standard InChI is InChI=1S/C14H19NO2/c1-11(2)10-17-15-13(16)14(8-9-14)12-6-4-3-5-7-12/h3-7,11H,8-10H2,1-2H3,(H,15,16). The predicted molar refractivity (Wildman–Crippen MR) is 66.3 cm³/mol. The maximum atomic E-state index is 12.1. The van der Waals surface area contributed by atoms with Crippen molar-refractivity contribution in [2.45, 2.75) is 32.1 Å². The third kappa shape index (κ3) is 2.67. The summed E-state index contributed by atoms with van der Waals surface area (Å²) in [4.78, 5) is 17.3. The third-order valence-electron chi connectivity index (χ3n) is 3.09. The molecule has 1 aromatic carbocycles. The van der Waals surface area contributed by atoms with Gasteiger partial charge in [-0.05, 0) is 24.3 Å². The zero-order valence-corrected chi connectivity index (χ0v) is 10.4. The van der Waals surface area contributed by atoms with Crippen molar-refractivity contribution in [2.75, 3.05) is 6.61 Å². The number of carbonyl (C=O) groups excluding carboxylic acids is 1. The monoisotopic (exact) mass is 233 g/mol. The first-order chi connectivity index (χ1) is 8.15. The summed E-state index contributed by atoms with van der Waals surface area (Å²) in [7, 11) is 0. The van der Waals surface area contributed by atoms with Gasteiger partial charge in [0.1, 0.15) is 0 Å². The first kappa shape index (κ1) is 12.1. The Morgan fingerprint density at radius 1 is 1.35 bits per heavy atom. The van der Waals surface area contributed by atoms with Crippen LogP contribution in [0.25, 0.3) is 0 Å². The summed E-state index contributed by atoms with van der Waals surface area (Å²) in [5.41, 5.74) is 3.33. The molecule has 0 atom stereocenters. The van der Waals surface area contributed by atoms with Gasteiger partial charge in [-0.15, -0.1) is 0 Å². The number of hydrogen-bond acceptors (Lipinski definition) is 2. The van der Waals surface area contributed by atoms with Crippen LogP contribution in [0, 0.1) is 5.92 Å². The molecule has 0 heterocycles. The molecule has 1 aromatic rings. The molecule has 92 valence electrons. The van der Waals surface area contributed by atoms with Crippen LogP contribution in [-0.2, 0) is 15.0 Å². The lowest BCUT2D eigenvalue weighted by Gasteiger charge is -2.16. The first-order valence-corrected chi connectivity index (χ1v) is 6.13. The molecule has 1 amide bonds. The van der Waals surface area contributed by atoms with E-state index in [0.717, 1.165) is 18.4 Å². The van der Waals surface area contributed by atoms with Crippen LogP contribution >= 0.6 is 0 Å². The summed E-state index contributed by atoms with van der Waals surface area (Å²) in [5, 5.41) is 0. The quantitative estimate of drug-likeness (QED) is 0.793. The number of carbonyl (C=O) groups is 1. The smallest absolute Gasteiger partial charge is 0.254 e. The van der Waals surface area contributed by atoms with Crippen LogP contribution in [0.15, 0.2) is 30.3 Å². The zero-order valence-electron chi connectivity index (χ0n) is 10.4. The van der Waals surface area contributed by atoms with E-state index in [0.29, 0.717) is 12.5 Å². The largest absolute Gasteiger partial charge is 0.273 e. The fourth-order valence-electron chi connectivity index (χ4n) is 1.90. The first-order valence-electron chi connectivity index (χ1n) is 6.13. The predicted octanol–water partition coefficient (Wildman–Crippen LogP) is 2.42. The lowest BCUT2D eigenvalue weighted by Crippen LogP contribution is -2.35. The number of benzene rings is 1. The van der Waals surface area contributed by atoms with Crippen molar-refractivity contribution >= 4 is 5.91 Å². The number of hydroxylamine groups is 1. The van der Waals surface area contributed by atoms with Crippen molar-refractivity contribution in [3.63, 3.8) is 0 Å². The minimum absolute atomic E-state index is 0.00986. The van der Waals surface area contributed by atoms with E-state index < -0.39 is 0 Å². The van der Waals surface area contributed by atoms with Crippen molar-refractivity contribution in [2.24, 2.45) is 5.92 Å². The normalized spacial score (nSPS) is 16.9. The van der Waals surface area contributed by atoms with Crippen molar-refractivity contribution in [3.05, 3.63) is 35.9 Å². The summed E-state index contributed by atoms with van der Waals surface area (Å²) in [6.07, 6.45) is 1.82. The van der Waals surface area contributed by atoms with Crippen LogP contribution in [0.4, 0.5) is 0 Å². The fourth-order valence-corrected chi connectivity index (χ4v) is 1.90. The molecule has 0 aromatic heterocycles. The second-order valence-corrected chi connectivity index (χ2v) is 5.08. The molecular formula is C14H19NO2. The number of amides is 1. The fraction of sp³-hybridized carbons (Fsp3) is 0.500. The molecule has 1 aliphatic rings. The Kier molecular flexibility index (Phi) is 3.48. The summed E-state index contributed by atoms with van der Waals surface area (Å²) in [5.74, 6) is 0.409. The molecule has 0 unspecified atom stereocenters. The topological polar surface area (TPSA) is 38.3 Å². The summed E-state index contributed by atoms with van der Waals surface area (Å²) < 4.78 is 0. The van der Waals surface area contributed by atoms with Crippen LogP contribution in [0.2, 0.25) is 0 Å². The molecule has 2 rings (SSSR count). The second kappa shape index (κ2) is 4.88. The van der Waals surface area contributed by atoms with Gasteiger partial charge >= 0.3 is 0 Å². The van der Waals surface area contributed by atoms with Crippen molar-refractivity contribution in [3.8, 4) is 0 Å². The van der Waals surface area contributed by atoms with Crippen LogP contribution in [0.1, 0.15) is 32.3 Å². The van der Waals surface area contributed by atoms with Crippen LogP contribution in [0.3, 0.4) is 0 Å². The Morgan fingerprint density at radius 2 is 2.00 bits per heavy atom. The molecule has 0 bridgehead atoms. The Morgan fingerprint density at radius 3 is 2.53 bits per heavy atom. The number of nitrogens with one attached hydrogen (secondary N) is 1. The highest BCUT2D eigenvalue weighted by molar-refractivity contribution is 5.90. The molecule has 1 saturated carbocycles. The minimum atomic E-state index is -0.335. The van der Waals surface area contributed by atoms with E-state index in [1.165, 1.54) is 0 Å². The van der Waals surface area contributed by atoms with Gasteiger partial charge in [0.05, 0.1) is 12.0 Å². The highest BCUT2D eigenvalue weighted by atomic mass is 16.7. The van der Waals surface area contributed by atoms with Gasteiger partial charge in [0.15, 0.2) is 0 Å². The van der Waals surface area contributed by atoms with Crippen molar-refractivity contribution < 1.29 is 9.63 Å². The van der Waals surface area contributed by atoms with Gasteiger partial charge in [-0.3, -0.25) is 9.63 Å². The van der Waals surface area contributed by atoms with E-state index in [-0.39, 0.29) is 11.3 Å². The number of rotatable bonds is 5. The molecule has 17 heavy (non-hydrogen) atoms. The second-order valence-electron chi connectivity index (χ2n) is 5.08. The minimum Gasteiger partial charge on any atom is -0.273 e. The van der Waals surface area contributed by atoms with Gasteiger partial charge in [0, 0.05) is 0 Å². The third-order valence-corrected chi connectivity index (χ3v) is 3.09. The average Bonchev–Trinajstić information content (AvgIpc) is 3.11. The van der Waals surface area contributed by atoms with Gasteiger partial charge in [-0.25, -0.2) is 5.48 Å². The SMILES string of the molecule is CC(C)CONC(=O)C1(c2ccccc2)CC1. The highest BCUT2D eigenvalue weighted by Gasteiger charge is 2.51. The molecule has 1 fully saturated rings. The number of hydrogen-bond donors (Lipinski definition) is 1. The highest BCUT2D eigenvalue weighted by Crippen LogP contribution is 2.48. The van der Waals surface area contributed by atoms with E-state index in [9.17, 15) is 4.79 Å². The molecule has 1 aliphatic carbocycles. The average molecular weight is 233 g/mol. The summed E-state index contributed by atoms with van der Waals surface area (Å²) >= 11 is 0. The molecule has 0 spiro atoms. The maximum Gasteiger partial charge on any atom is 0.254 e. The van der Waals surface area contributed by atoms with E-state index in [4.69, 9.17) is 4.84 Å². The molecule has 0 saturated heterocycles.